The van der Waals surface area contributed by atoms with Crippen LogP contribution in [0.4, 0.5) is 0 Å². The van der Waals surface area contributed by atoms with Gasteiger partial charge in [-0.2, -0.15) is 0 Å². The summed E-state index contributed by atoms with van der Waals surface area (Å²) in [6.45, 7) is 7.27. The second-order valence-corrected chi connectivity index (χ2v) is 7.18. The molecule has 124 valence electrons. The summed E-state index contributed by atoms with van der Waals surface area (Å²) in [6.07, 6.45) is 19.7. The Bertz CT molecular complexity index is 244. The van der Waals surface area contributed by atoms with Crippen molar-refractivity contribution < 1.29 is 0 Å². The molecule has 1 heteroatoms. The number of allylic oxidation sites excluding steroid dienone is 1. The molecule has 2 rings (SSSR count). The van der Waals surface area contributed by atoms with Crippen LogP contribution in [-0.4, -0.2) is 6.54 Å². The summed E-state index contributed by atoms with van der Waals surface area (Å²) in [6, 6.07) is 0. The van der Waals surface area contributed by atoms with Crippen LogP contribution < -0.4 is 5.73 Å². The van der Waals surface area contributed by atoms with Gasteiger partial charge in [0.15, 0.2) is 0 Å². The summed E-state index contributed by atoms with van der Waals surface area (Å²) in [7, 11) is 0. The van der Waals surface area contributed by atoms with Crippen molar-refractivity contribution in [3.8, 4) is 0 Å². The molecule has 0 aliphatic heterocycles. The predicted octanol–water partition coefficient (Wildman–Crippen LogP) is 6.23. The van der Waals surface area contributed by atoms with E-state index in [0.29, 0.717) is 0 Å². The van der Waals surface area contributed by atoms with Gasteiger partial charge in [-0.05, 0) is 44.1 Å². The first-order valence-corrected chi connectivity index (χ1v) is 9.65. The number of hydrogen-bond acceptors (Lipinski definition) is 1. The first kappa shape index (κ1) is 18.7. The standard InChI is InChI=1S/C11H21N.C9H18/c1-10(6-5-9-12)11-7-3-2-4-8-11;1-2-6-9-7-4-3-5-8-9/h11H,1-9,12H2;9H,2-8H2,1H3. The molecule has 0 aromatic carbocycles. The van der Waals surface area contributed by atoms with Crippen molar-refractivity contribution in [2.45, 2.75) is 96.8 Å². The molecule has 0 heterocycles. The molecule has 0 spiro atoms. The SMILES string of the molecule is C=C(CCCN)C1CCCCC1.CCCC1CCCCC1. The minimum Gasteiger partial charge on any atom is -0.330 e. The van der Waals surface area contributed by atoms with Crippen LogP contribution in [0.25, 0.3) is 0 Å². The Morgan fingerprint density at radius 2 is 1.52 bits per heavy atom. The van der Waals surface area contributed by atoms with Gasteiger partial charge in [0.2, 0.25) is 0 Å². The molecule has 2 saturated carbocycles. The fraction of sp³-hybridized carbons (Fsp3) is 0.900. The Kier molecular flexibility index (Phi) is 10.9. The number of rotatable bonds is 6. The normalized spacial score (nSPS) is 20.7. The molecular weight excluding hydrogens is 254 g/mol. The van der Waals surface area contributed by atoms with Crippen molar-refractivity contribution in [2.24, 2.45) is 17.6 Å². The highest BCUT2D eigenvalue weighted by molar-refractivity contribution is 5.01. The predicted molar refractivity (Wildman–Crippen MR) is 95.5 cm³/mol. The van der Waals surface area contributed by atoms with Crippen molar-refractivity contribution in [3.63, 3.8) is 0 Å². The first-order chi connectivity index (χ1) is 10.3. The van der Waals surface area contributed by atoms with Crippen LogP contribution >= 0.6 is 0 Å². The number of hydrogen-bond donors (Lipinski definition) is 1. The van der Waals surface area contributed by atoms with Crippen molar-refractivity contribution >= 4 is 0 Å². The molecular formula is C20H39N. The molecule has 0 unspecified atom stereocenters. The summed E-state index contributed by atoms with van der Waals surface area (Å²) < 4.78 is 0. The molecule has 2 aliphatic carbocycles. The zero-order chi connectivity index (χ0) is 15.3. The van der Waals surface area contributed by atoms with E-state index in [9.17, 15) is 0 Å². The lowest BCUT2D eigenvalue weighted by Crippen LogP contribution is -2.09. The molecule has 0 bridgehead atoms. The molecule has 0 atom stereocenters. The van der Waals surface area contributed by atoms with Gasteiger partial charge in [-0.1, -0.05) is 83.3 Å². The third-order valence-corrected chi connectivity index (χ3v) is 5.31. The first-order valence-electron chi connectivity index (χ1n) is 9.65. The van der Waals surface area contributed by atoms with E-state index in [4.69, 9.17) is 5.73 Å². The molecule has 2 N–H and O–H groups in total. The van der Waals surface area contributed by atoms with E-state index in [2.05, 4.69) is 13.5 Å². The van der Waals surface area contributed by atoms with Crippen LogP contribution in [0.2, 0.25) is 0 Å². The van der Waals surface area contributed by atoms with Crippen molar-refractivity contribution in [1.82, 2.24) is 0 Å². The van der Waals surface area contributed by atoms with E-state index in [1.54, 1.807) is 0 Å². The fourth-order valence-electron chi connectivity index (χ4n) is 3.93. The monoisotopic (exact) mass is 293 g/mol. The molecule has 21 heavy (non-hydrogen) atoms. The van der Waals surface area contributed by atoms with Gasteiger partial charge in [0.1, 0.15) is 0 Å². The highest BCUT2D eigenvalue weighted by atomic mass is 14.5. The van der Waals surface area contributed by atoms with Gasteiger partial charge in [-0.15, -0.1) is 0 Å². The van der Waals surface area contributed by atoms with E-state index in [0.717, 1.165) is 31.2 Å². The highest BCUT2D eigenvalue weighted by Gasteiger charge is 2.15. The lowest BCUT2D eigenvalue weighted by atomic mass is 9.83. The van der Waals surface area contributed by atoms with Crippen molar-refractivity contribution in [1.29, 1.82) is 0 Å². The average molecular weight is 294 g/mol. The summed E-state index contributed by atoms with van der Waals surface area (Å²) in [5, 5.41) is 0. The molecule has 2 fully saturated rings. The number of nitrogens with two attached hydrogens (primary N) is 1. The van der Waals surface area contributed by atoms with Crippen LogP contribution in [0.3, 0.4) is 0 Å². The van der Waals surface area contributed by atoms with E-state index in [-0.39, 0.29) is 0 Å². The topological polar surface area (TPSA) is 26.0 Å². The van der Waals surface area contributed by atoms with E-state index < -0.39 is 0 Å². The zero-order valence-corrected chi connectivity index (χ0v) is 14.5. The summed E-state index contributed by atoms with van der Waals surface area (Å²) in [5.41, 5.74) is 6.92. The van der Waals surface area contributed by atoms with Gasteiger partial charge >= 0.3 is 0 Å². The molecule has 0 amide bonds. The Morgan fingerprint density at radius 3 is 2.05 bits per heavy atom. The highest BCUT2D eigenvalue weighted by Crippen LogP contribution is 2.30. The van der Waals surface area contributed by atoms with Gasteiger partial charge in [-0.3, -0.25) is 0 Å². The molecule has 1 nitrogen and oxygen atoms in total. The van der Waals surface area contributed by atoms with Crippen molar-refractivity contribution in [3.05, 3.63) is 12.2 Å². The molecule has 0 aromatic rings. The van der Waals surface area contributed by atoms with Gasteiger partial charge in [0.05, 0.1) is 0 Å². The lowest BCUT2D eigenvalue weighted by Gasteiger charge is -2.23. The van der Waals surface area contributed by atoms with E-state index >= 15 is 0 Å². The third-order valence-electron chi connectivity index (χ3n) is 5.31. The van der Waals surface area contributed by atoms with Crippen molar-refractivity contribution in [2.75, 3.05) is 6.54 Å². The maximum absolute atomic E-state index is 5.47. The summed E-state index contributed by atoms with van der Waals surface area (Å²) >= 11 is 0. The minimum atomic E-state index is 0.811. The summed E-state index contributed by atoms with van der Waals surface area (Å²) in [5.74, 6) is 1.93. The lowest BCUT2D eigenvalue weighted by molar-refractivity contribution is 0.336. The van der Waals surface area contributed by atoms with Crippen LogP contribution in [0.5, 0.6) is 0 Å². The van der Waals surface area contributed by atoms with Gasteiger partial charge in [-0.25, -0.2) is 0 Å². The molecule has 0 radical (unpaired) electrons. The maximum atomic E-state index is 5.47. The van der Waals surface area contributed by atoms with Crippen LogP contribution in [-0.2, 0) is 0 Å². The molecule has 0 aromatic heterocycles. The van der Waals surface area contributed by atoms with Gasteiger partial charge < -0.3 is 5.73 Å². The third kappa shape index (κ3) is 8.66. The van der Waals surface area contributed by atoms with Crippen LogP contribution in [0.15, 0.2) is 12.2 Å². The van der Waals surface area contributed by atoms with Crippen LogP contribution in [0, 0.1) is 11.8 Å². The Morgan fingerprint density at radius 1 is 0.952 bits per heavy atom. The van der Waals surface area contributed by atoms with Crippen LogP contribution in [0.1, 0.15) is 96.8 Å². The Labute approximate surface area is 133 Å². The second-order valence-electron chi connectivity index (χ2n) is 7.18. The zero-order valence-electron chi connectivity index (χ0n) is 14.5. The van der Waals surface area contributed by atoms with Gasteiger partial charge in [0.25, 0.3) is 0 Å². The average Bonchev–Trinajstić information content (AvgIpc) is 2.55. The molecule has 0 saturated heterocycles. The summed E-state index contributed by atoms with van der Waals surface area (Å²) in [4.78, 5) is 0. The van der Waals surface area contributed by atoms with E-state index in [1.807, 2.05) is 0 Å². The quantitative estimate of drug-likeness (QED) is 0.577. The second kappa shape index (κ2) is 12.3. The van der Waals surface area contributed by atoms with Gasteiger partial charge in [0, 0.05) is 0 Å². The van der Waals surface area contributed by atoms with E-state index in [1.165, 1.54) is 82.6 Å². The Hall–Kier alpha value is -0.300. The Balaban J connectivity index is 0.000000219. The fourth-order valence-corrected chi connectivity index (χ4v) is 3.93. The largest absolute Gasteiger partial charge is 0.330 e. The smallest absolute Gasteiger partial charge is 0.00742 e. The maximum Gasteiger partial charge on any atom is -0.00742 e. The molecule has 2 aliphatic rings. The minimum absolute atomic E-state index is 0.811.